The lowest BCUT2D eigenvalue weighted by Crippen LogP contribution is -2.38. The van der Waals surface area contributed by atoms with E-state index in [1.54, 1.807) is 12.4 Å². The van der Waals surface area contributed by atoms with E-state index in [2.05, 4.69) is 52.4 Å². The first-order chi connectivity index (χ1) is 13.3. The van der Waals surface area contributed by atoms with Crippen molar-refractivity contribution in [3.63, 3.8) is 0 Å². The average Bonchev–Trinajstić information content (AvgIpc) is 2.75. The van der Waals surface area contributed by atoms with Crippen LogP contribution in [0.4, 0.5) is 0 Å². The Balaban J connectivity index is 1.40. The summed E-state index contributed by atoms with van der Waals surface area (Å²) in [6.45, 7) is 1.45. The maximum absolute atomic E-state index is 12.5. The highest BCUT2D eigenvalue weighted by atomic mass is 16.2. The second kappa shape index (κ2) is 8.08. The van der Waals surface area contributed by atoms with Crippen molar-refractivity contribution in [1.29, 1.82) is 0 Å². The summed E-state index contributed by atoms with van der Waals surface area (Å²) in [6, 6.07) is 16.7. The molecule has 3 heterocycles. The summed E-state index contributed by atoms with van der Waals surface area (Å²) in [6.07, 6.45) is 7.36. The van der Waals surface area contributed by atoms with Crippen LogP contribution in [0.15, 0.2) is 67.1 Å². The molecule has 1 amide bonds. The smallest absolute Gasteiger partial charge is 0.274 e. The van der Waals surface area contributed by atoms with Crippen molar-refractivity contribution in [2.24, 2.45) is 0 Å². The van der Waals surface area contributed by atoms with E-state index in [0.29, 0.717) is 11.6 Å². The third-order valence-corrected chi connectivity index (χ3v) is 5.04. The molecule has 0 atom stereocenters. The van der Waals surface area contributed by atoms with Crippen LogP contribution in [0.2, 0.25) is 0 Å². The molecular formula is C22H22N4O. The van der Waals surface area contributed by atoms with Crippen molar-refractivity contribution in [2.45, 2.75) is 25.2 Å². The Bertz CT molecular complexity index is 890. The third-order valence-electron chi connectivity index (χ3n) is 5.04. The van der Waals surface area contributed by atoms with Gasteiger partial charge in [0.2, 0.25) is 0 Å². The molecule has 1 saturated heterocycles. The number of likely N-dealkylation sites (tertiary alicyclic amines) is 1. The van der Waals surface area contributed by atoms with Gasteiger partial charge in [-0.2, -0.15) is 0 Å². The fourth-order valence-corrected chi connectivity index (χ4v) is 3.58. The number of carbonyl (C=O) groups is 1. The molecular weight excluding hydrogens is 336 g/mol. The van der Waals surface area contributed by atoms with Crippen molar-refractivity contribution in [2.75, 3.05) is 13.1 Å². The van der Waals surface area contributed by atoms with Gasteiger partial charge >= 0.3 is 0 Å². The highest BCUT2D eigenvalue weighted by Gasteiger charge is 2.26. The molecule has 0 spiro atoms. The molecule has 1 fully saturated rings. The van der Waals surface area contributed by atoms with Gasteiger partial charge in [-0.05, 0) is 30.5 Å². The number of nitrogens with zero attached hydrogens (tertiary/aromatic N) is 4. The average molecular weight is 358 g/mol. The van der Waals surface area contributed by atoms with Crippen LogP contribution in [0.5, 0.6) is 0 Å². The third kappa shape index (κ3) is 4.19. The molecule has 3 aromatic rings. The quantitative estimate of drug-likeness (QED) is 0.716. The second-order valence-corrected chi connectivity index (χ2v) is 6.87. The lowest BCUT2D eigenvalue weighted by Gasteiger charge is -2.31. The number of carbonyl (C=O) groups excluding carboxylic acids is 1. The van der Waals surface area contributed by atoms with Gasteiger partial charge in [-0.1, -0.05) is 36.4 Å². The molecule has 2 aromatic heterocycles. The van der Waals surface area contributed by atoms with Crippen molar-refractivity contribution >= 4 is 5.91 Å². The number of hydrogen-bond donors (Lipinski definition) is 0. The first-order valence-corrected chi connectivity index (χ1v) is 9.34. The fraction of sp³-hybridized carbons (Fsp3) is 0.273. The minimum atomic E-state index is -0.0349. The monoisotopic (exact) mass is 358 g/mol. The van der Waals surface area contributed by atoms with Crippen molar-refractivity contribution in [1.82, 2.24) is 19.9 Å². The number of benzene rings is 1. The number of aromatic nitrogens is 3. The zero-order valence-electron chi connectivity index (χ0n) is 15.2. The van der Waals surface area contributed by atoms with E-state index in [-0.39, 0.29) is 5.91 Å². The molecule has 1 aliphatic heterocycles. The normalized spacial score (nSPS) is 14.9. The largest absolute Gasteiger partial charge is 0.337 e. The van der Waals surface area contributed by atoms with Crippen LogP contribution in [0.1, 0.15) is 46.2 Å². The van der Waals surface area contributed by atoms with Gasteiger partial charge in [0.1, 0.15) is 5.69 Å². The lowest BCUT2D eigenvalue weighted by molar-refractivity contribution is 0.0705. The van der Waals surface area contributed by atoms with Gasteiger partial charge in [0.15, 0.2) is 0 Å². The van der Waals surface area contributed by atoms with Gasteiger partial charge in [-0.25, -0.2) is 4.98 Å². The predicted octanol–water partition coefficient (Wildman–Crippen LogP) is 3.48. The number of pyridine rings is 1. The van der Waals surface area contributed by atoms with Crippen LogP contribution in [-0.4, -0.2) is 38.8 Å². The van der Waals surface area contributed by atoms with Crippen molar-refractivity contribution < 1.29 is 4.79 Å². The predicted molar refractivity (Wildman–Crippen MR) is 103 cm³/mol. The van der Waals surface area contributed by atoms with Gasteiger partial charge in [0.05, 0.1) is 6.20 Å². The molecule has 136 valence electrons. The Morgan fingerprint density at radius 1 is 1.00 bits per heavy atom. The minimum absolute atomic E-state index is 0.0349. The van der Waals surface area contributed by atoms with E-state index in [0.717, 1.165) is 43.7 Å². The van der Waals surface area contributed by atoms with Gasteiger partial charge in [0.25, 0.3) is 5.91 Å². The molecule has 0 bridgehead atoms. The first kappa shape index (κ1) is 17.3. The van der Waals surface area contributed by atoms with Crippen LogP contribution >= 0.6 is 0 Å². The molecule has 4 rings (SSSR count). The summed E-state index contributed by atoms with van der Waals surface area (Å²) >= 11 is 0. The van der Waals surface area contributed by atoms with Crippen LogP contribution in [0.25, 0.3) is 0 Å². The summed E-state index contributed by atoms with van der Waals surface area (Å²) in [7, 11) is 0. The van der Waals surface area contributed by atoms with E-state index in [1.165, 1.54) is 11.8 Å². The summed E-state index contributed by atoms with van der Waals surface area (Å²) < 4.78 is 0. The lowest BCUT2D eigenvalue weighted by atomic mass is 9.92. The highest BCUT2D eigenvalue weighted by Crippen LogP contribution is 2.27. The van der Waals surface area contributed by atoms with Gasteiger partial charge in [0, 0.05) is 49.2 Å². The summed E-state index contributed by atoms with van der Waals surface area (Å²) in [5.74, 6) is 0.360. The molecule has 5 heteroatoms. The molecule has 0 unspecified atom stereocenters. The molecule has 1 aliphatic rings. The standard InChI is InChI=1S/C22H22N4O/c27-22(21-16-23-11-12-24-21)26-13-9-18(10-14-26)20-8-4-7-19(25-20)15-17-5-2-1-3-6-17/h1-8,11-12,16,18H,9-10,13-15H2. The maximum Gasteiger partial charge on any atom is 0.274 e. The van der Waals surface area contributed by atoms with Crippen molar-refractivity contribution in [3.8, 4) is 0 Å². The van der Waals surface area contributed by atoms with Crippen molar-refractivity contribution in [3.05, 3.63) is 89.8 Å². The maximum atomic E-state index is 12.5. The molecule has 0 aliphatic carbocycles. The number of piperidine rings is 1. The van der Waals surface area contributed by atoms with Crippen LogP contribution in [0, 0.1) is 0 Å². The molecule has 0 N–H and O–H groups in total. The zero-order valence-corrected chi connectivity index (χ0v) is 15.2. The molecule has 5 nitrogen and oxygen atoms in total. The number of amides is 1. The Hall–Kier alpha value is -3.08. The van der Waals surface area contributed by atoms with Gasteiger partial charge < -0.3 is 4.90 Å². The van der Waals surface area contributed by atoms with Gasteiger partial charge in [-0.15, -0.1) is 0 Å². The number of hydrogen-bond acceptors (Lipinski definition) is 4. The summed E-state index contributed by atoms with van der Waals surface area (Å²) in [4.78, 5) is 27.4. The van der Waals surface area contributed by atoms with Crippen LogP contribution in [0.3, 0.4) is 0 Å². The SMILES string of the molecule is O=C(c1cnccn1)N1CCC(c2cccc(Cc3ccccc3)n2)CC1. The molecule has 1 aromatic carbocycles. The zero-order chi connectivity index (χ0) is 18.5. The van der Waals surface area contributed by atoms with Crippen LogP contribution < -0.4 is 0 Å². The summed E-state index contributed by atoms with van der Waals surface area (Å²) in [5, 5.41) is 0. The second-order valence-electron chi connectivity index (χ2n) is 6.87. The Morgan fingerprint density at radius 2 is 1.81 bits per heavy atom. The van der Waals surface area contributed by atoms with E-state index >= 15 is 0 Å². The van der Waals surface area contributed by atoms with E-state index < -0.39 is 0 Å². The van der Waals surface area contributed by atoms with E-state index in [1.807, 2.05) is 11.0 Å². The molecule has 0 saturated carbocycles. The Labute approximate surface area is 159 Å². The van der Waals surface area contributed by atoms with E-state index in [4.69, 9.17) is 4.98 Å². The highest BCUT2D eigenvalue weighted by molar-refractivity contribution is 5.92. The first-order valence-electron chi connectivity index (χ1n) is 9.34. The van der Waals surface area contributed by atoms with Crippen LogP contribution in [-0.2, 0) is 6.42 Å². The minimum Gasteiger partial charge on any atom is -0.337 e. The Morgan fingerprint density at radius 3 is 2.56 bits per heavy atom. The molecule has 0 radical (unpaired) electrons. The van der Waals surface area contributed by atoms with Gasteiger partial charge in [-0.3, -0.25) is 14.8 Å². The molecule has 27 heavy (non-hydrogen) atoms. The summed E-state index contributed by atoms with van der Waals surface area (Å²) in [5.41, 5.74) is 3.91. The number of rotatable bonds is 4. The van der Waals surface area contributed by atoms with E-state index in [9.17, 15) is 4.79 Å². The fourth-order valence-electron chi connectivity index (χ4n) is 3.58. The Kier molecular flexibility index (Phi) is 5.19. The topological polar surface area (TPSA) is 59.0 Å².